The quantitative estimate of drug-likeness (QED) is 0.802. The van der Waals surface area contributed by atoms with Gasteiger partial charge < -0.3 is 9.47 Å². The number of hydrogen-bond acceptors (Lipinski definition) is 3. The number of carbonyl (C=O) groups is 1. The summed E-state index contributed by atoms with van der Waals surface area (Å²) < 4.78 is 11.1. The molecule has 3 heteroatoms. The number of hydrogen-bond donors (Lipinski definition) is 0. The molecule has 2 aromatic rings. The lowest BCUT2D eigenvalue weighted by atomic mass is 9.95. The summed E-state index contributed by atoms with van der Waals surface area (Å²) in [7, 11) is 1.57. The fourth-order valence-corrected chi connectivity index (χ4v) is 2.58. The highest BCUT2D eigenvalue weighted by Gasteiger charge is 2.45. The van der Waals surface area contributed by atoms with Crippen LogP contribution in [0.4, 0.5) is 0 Å². The van der Waals surface area contributed by atoms with E-state index in [0.717, 1.165) is 11.1 Å². The van der Waals surface area contributed by atoms with Crippen molar-refractivity contribution in [3.05, 3.63) is 70.8 Å². The van der Waals surface area contributed by atoms with Crippen LogP contribution in [0.2, 0.25) is 0 Å². The number of fused-ring (bicyclic) bond motifs is 1. The van der Waals surface area contributed by atoms with E-state index in [9.17, 15) is 4.79 Å². The molecule has 0 fully saturated rings. The minimum absolute atomic E-state index is 0.324. The van der Waals surface area contributed by atoms with Gasteiger partial charge in [-0.1, -0.05) is 48.0 Å². The number of ether oxygens (including phenoxy) is 2. The topological polar surface area (TPSA) is 35.5 Å². The standard InChI is InChI=1S/C17H16O3/c1-12-7-9-13(10-8-12)11-17(19-2)15-6-4-3-5-14(15)16(18)20-17/h3-10H,11H2,1-2H3. The maximum absolute atomic E-state index is 12.0. The Hall–Kier alpha value is -2.13. The predicted octanol–water partition coefficient (Wildman–Crippen LogP) is 3.21. The molecule has 1 heterocycles. The maximum Gasteiger partial charge on any atom is 0.341 e. The number of aryl methyl sites for hydroxylation is 1. The van der Waals surface area contributed by atoms with Crippen LogP contribution in [-0.4, -0.2) is 13.1 Å². The van der Waals surface area contributed by atoms with Crippen molar-refractivity contribution in [1.29, 1.82) is 0 Å². The van der Waals surface area contributed by atoms with Gasteiger partial charge in [-0.15, -0.1) is 0 Å². The van der Waals surface area contributed by atoms with E-state index in [1.165, 1.54) is 5.56 Å². The predicted molar refractivity (Wildman–Crippen MR) is 75.4 cm³/mol. The largest absolute Gasteiger partial charge is 0.425 e. The van der Waals surface area contributed by atoms with Crippen molar-refractivity contribution in [3.63, 3.8) is 0 Å². The maximum atomic E-state index is 12.0. The van der Waals surface area contributed by atoms with Crippen LogP contribution in [0.1, 0.15) is 27.0 Å². The molecule has 20 heavy (non-hydrogen) atoms. The second kappa shape index (κ2) is 4.76. The Morgan fingerprint density at radius 1 is 1.10 bits per heavy atom. The van der Waals surface area contributed by atoms with Gasteiger partial charge in [0.15, 0.2) is 0 Å². The van der Waals surface area contributed by atoms with Gasteiger partial charge in [-0.3, -0.25) is 0 Å². The van der Waals surface area contributed by atoms with E-state index in [4.69, 9.17) is 9.47 Å². The first-order chi connectivity index (χ1) is 9.64. The minimum atomic E-state index is -1.01. The van der Waals surface area contributed by atoms with Crippen molar-refractivity contribution in [1.82, 2.24) is 0 Å². The van der Waals surface area contributed by atoms with Gasteiger partial charge in [0, 0.05) is 19.1 Å². The SMILES string of the molecule is COC1(Cc2ccc(C)cc2)OC(=O)c2ccccc21. The lowest BCUT2D eigenvalue weighted by Gasteiger charge is -2.27. The van der Waals surface area contributed by atoms with Gasteiger partial charge in [0.05, 0.1) is 5.56 Å². The van der Waals surface area contributed by atoms with Crippen LogP contribution < -0.4 is 0 Å². The second-order valence-electron chi connectivity index (χ2n) is 5.05. The number of cyclic esters (lactones) is 1. The Bertz CT molecular complexity index is 646. The molecule has 3 nitrogen and oxygen atoms in total. The molecule has 1 aliphatic heterocycles. The molecular weight excluding hydrogens is 252 g/mol. The molecule has 0 saturated carbocycles. The van der Waals surface area contributed by atoms with Gasteiger partial charge in [0.2, 0.25) is 5.79 Å². The third-order valence-corrected chi connectivity index (χ3v) is 3.70. The van der Waals surface area contributed by atoms with E-state index < -0.39 is 5.79 Å². The van der Waals surface area contributed by atoms with Crippen LogP contribution in [0.3, 0.4) is 0 Å². The number of methoxy groups -OCH3 is 1. The zero-order valence-corrected chi connectivity index (χ0v) is 11.6. The molecule has 1 aliphatic rings. The zero-order valence-electron chi connectivity index (χ0n) is 11.6. The van der Waals surface area contributed by atoms with Crippen LogP contribution in [0, 0.1) is 6.92 Å². The molecular formula is C17H16O3. The summed E-state index contributed by atoms with van der Waals surface area (Å²) in [5, 5.41) is 0. The smallest absolute Gasteiger partial charge is 0.341 e. The third-order valence-electron chi connectivity index (χ3n) is 3.70. The van der Waals surface area contributed by atoms with Crippen LogP contribution in [0.15, 0.2) is 48.5 Å². The van der Waals surface area contributed by atoms with E-state index in [0.29, 0.717) is 12.0 Å². The first kappa shape index (κ1) is 12.9. The molecule has 1 atom stereocenters. The molecule has 0 spiro atoms. The van der Waals surface area contributed by atoms with Crippen LogP contribution in [0.5, 0.6) is 0 Å². The summed E-state index contributed by atoms with van der Waals surface area (Å²) >= 11 is 0. The molecule has 0 aliphatic carbocycles. The van der Waals surface area contributed by atoms with Gasteiger partial charge in [0.25, 0.3) is 0 Å². The number of esters is 1. The highest BCUT2D eigenvalue weighted by atomic mass is 16.7. The van der Waals surface area contributed by atoms with Crippen molar-refractivity contribution in [3.8, 4) is 0 Å². The summed E-state index contributed by atoms with van der Waals surface area (Å²) in [6.45, 7) is 2.04. The van der Waals surface area contributed by atoms with Crippen molar-refractivity contribution in [2.75, 3.05) is 7.11 Å². The Morgan fingerprint density at radius 2 is 1.80 bits per heavy atom. The van der Waals surface area contributed by atoms with Crippen LogP contribution >= 0.6 is 0 Å². The Morgan fingerprint density at radius 3 is 2.50 bits per heavy atom. The van der Waals surface area contributed by atoms with Crippen molar-refractivity contribution in [2.24, 2.45) is 0 Å². The summed E-state index contributed by atoms with van der Waals surface area (Å²) in [5.41, 5.74) is 3.65. The average Bonchev–Trinajstić information content (AvgIpc) is 2.76. The molecule has 2 aromatic carbocycles. The minimum Gasteiger partial charge on any atom is -0.425 e. The molecule has 102 valence electrons. The summed E-state index contributed by atoms with van der Waals surface area (Å²) in [6.07, 6.45) is 0.506. The molecule has 0 N–H and O–H groups in total. The van der Waals surface area contributed by atoms with Gasteiger partial charge in [0.1, 0.15) is 0 Å². The monoisotopic (exact) mass is 268 g/mol. The Labute approximate surface area is 118 Å². The molecule has 1 unspecified atom stereocenters. The van der Waals surface area contributed by atoms with Crippen LogP contribution in [-0.2, 0) is 21.7 Å². The van der Waals surface area contributed by atoms with E-state index in [1.54, 1.807) is 13.2 Å². The lowest BCUT2D eigenvalue weighted by Crippen LogP contribution is -2.31. The van der Waals surface area contributed by atoms with Gasteiger partial charge in [-0.2, -0.15) is 0 Å². The molecule has 0 aromatic heterocycles. The fourth-order valence-electron chi connectivity index (χ4n) is 2.58. The van der Waals surface area contributed by atoms with Crippen LogP contribution in [0.25, 0.3) is 0 Å². The summed E-state index contributed by atoms with van der Waals surface area (Å²) in [4.78, 5) is 12.0. The molecule has 0 bridgehead atoms. The second-order valence-corrected chi connectivity index (χ2v) is 5.05. The molecule has 0 radical (unpaired) electrons. The van der Waals surface area contributed by atoms with Crippen molar-refractivity contribution < 1.29 is 14.3 Å². The summed E-state index contributed by atoms with van der Waals surface area (Å²) in [5.74, 6) is -1.34. The van der Waals surface area contributed by atoms with E-state index >= 15 is 0 Å². The highest BCUT2D eigenvalue weighted by Crippen LogP contribution is 2.39. The van der Waals surface area contributed by atoms with E-state index in [2.05, 4.69) is 0 Å². The first-order valence-electron chi connectivity index (χ1n) is 6.58. The number of rotatable bonds is 3. The van der Waals surface area contributed by atoms with E-state index in [1.807, 2.05) is 49.4 Å². The Kier molecular flexibility index (Phi) is 3.07. The third kappa shape index (κ3) is 2.00. The van der Waals surface area contributed by atoms with Crippen molar-refractivity contribution in [2.45, 2.75) is 19.1 Å². The van der Waals surface area contributed by atoms with Crippen molar-refractivity contribution >= 4 is 5.97 Å². The zero-order chi connectivity index (χ0) is 14.2. The average molecular weight is 268 g/mol. The fraction of sp³-hybridized carbons (Fsp3) is 0.235. The lowest BCUT2D eigenvalue weighted by molar-refractivity contribution is -0.185. The highest BCUT2D eigenvalue weighted by molar-refractivity contribution is 5.94. The number of benzene rings is 2. The van der Waals surface area contributed by atoms with Gasteiger partial charge in [-0.05, 0) is 18.6 Å². The van der Waals surface area contributed by atoms with E-state index in [-0.39, 0.29) is 5.97 Å². The first-order valence-corrected chi connectivity index (χ1v) is 6.58. The molecule has 3 rings (SSSR count). The van der Waals surface area contributed by atoms with Gasteiger partial charge in [-0.25, -0.2) is 4.79 Å². The molecule has 0 saturated heterocycles. The number of carbonyl (C=O) groups excluding carboxylic acids is 1. The Balaban J connectivity index is 2.01. The normalized spacial score (nSPS) is 20.6. The summed E-state index contributed by atoms with van der Waals surface area (Å²) in [6, 6.07) is 15.5. The molecule has 0 amide bonds. The van der Waals surface area contributed by atoms with Gasteiger partial charge >= 0.3 is 5.97 Å².